The van der Waals surface area contributed by atoms with Gasteiger partial charge in [0.25, 0.3) is 0 Å². The van der Waals surface area contributed by atoms with Gasteiger partial charge in [-0.05, 0) is 24.3 Å². The van der Waals surface area contributed by atoms with Crippen molar-refractivity contribution in [2.75, 3.05) is 18.1 Å². The number of carbonyl (C=O) groups is 1. The van der Waals surface area contributed by atoms with E-state index in [0.717, 1.165) is 5.75 Å². The zero-order valence-corrected chi connectivity index (χ0v) is 12.9. The van der Waals surface area contributed by atoms with Crippen LogP contribution in [0.2, 0.25) is 0 Å². The number of hydrogen-bond donors (Lipinski definition) is 3. The molecule has 7 heteroatoms. The molecule has 1 aromatic carbocycles. The van der Waals surface area contributed by atoms with E-state index in [0.29, 0.717) is 35.5 Å². The molecule has 118 valence electrons. The number of aliphatic hydroxyl groups is 1. The number of nitrogens with one attached hydrogen (secondary N) is 2. The second-order valence-electron chi connectivity index (χ2n) is 5.62. The summed E-state index contributed by atoms with van der Waals surface area (Å²) in [6, 6.07) is 4.73. The lowest BCUT2D eigenvalue weighted by atomic mass is 10.0. The Labute approximate surface area is 131 Å². The summed E-state index contributed by atoms with van der Waals surface area (Å²) in [5.74, 6) is 1.68. The summed E-state index contributed by atoms with van der Waals surface area (Å²) in [5, 5.41) is 12.9. The molecule has 0 aliphatic carbocycles. The number of imidazole rings is 1. The van der Waals surface area contributed by atoms with E-state index >= 15 is 0 Å². The molecule has 2 aromatic rings. The Kier molecular flexibility index (Phi) is 4.35. The van der Waals surface area contributed by atoms with Crippen LogP contribution < -0.4 is 5.32 Å². The fraction of sp³-hybridized carbons (Fsp3) is 0.467. The number of thioether (sulfide) groups is 1. The molecule has 3 rings (SSSR count). The van der Waals surface area contributed by atoms with Gasteiger partial charge in [-0.25, -0.2) is 9.37 Å². The summed E-state index contributed by atoms with van der Waals surface area (Å²) in [4.78, 5) is 19.0. The third-order valence-corrected chi connectivity index (χ3v) is 5.03. The largest absolute Gasteiger partial charge is 0.387 e. The first-order valence-electron chi connectivity index (χ1n) is 7.26. The molecule has 0 spiro atoms. The first kappa shape index (κ1) is 15.3. The Balaban J connectivity index is 1.52. The summed E-state index contributed by atoms with van der Waals surface area (Å²) >= 11 is 1.69. The van der Waals surface area contributed by atoms with E-state index in [9.17, 15) is 14.3 Å². The molecule has 1 saturated heterocycles. The number of hydrogen-bond acceptors (Lipinski definition) is 4. The van der Waals surface area contributed by atoms with Crippen molar-refractivity contribution < 1.29 is 14.3 Å². The molecule has 0 bridgehead atoms. The van der Waals surface area contributed by atoms with Gasteiger partial charge in [-0.15, -0.1) is 0 Å². The lowest BCUT2D eigenvalue weighted by Gasteiger charge is -2.21. The lowest BCUT2D eigenvalue weighted by molar-refractivity contribution is -0.122. The first-order valence-corrected chi connectivity index (χ1v) is 8.41. The molecule has 1 fully saturated rings. The SMILES string of the molecule is O=C(CCc1nc2c(F)cccc2[nH]1)NCC1(O)CCSC1. The summed E-state index contributed by atoms with van der Waals surface area (Å²) in [6.45, 7) is 0.285. The average molecular weight is 323 g/mol. The molecule has 3 N–H and O–H groups in total. The maximum atomic E-state index is 13.5. The molecule has 0 radical (unpaired) electrons. The van der Waals surface area contributed by atoms with Crippen molar-refractivity contribution in [3.8, 4) is 0 Å². The molecular formula is C15H18FN3O2S. The van der Waals surface area contributed by atoms with E-state index in [1.807, 2.05) is 0 Å². The van der Waals surface area contributed by atoms with Crippen molar-refractivity contribution in [2.24, 2.45) is 0 Å². The van der Waals surface area contributed by atoms with E-state index < -0.39 is 5.60 Å². The zero-order chi connectivity index (χ0) is 15.6. The van der Waals surface area contributed by atoms with Crippen molar-refractivity contribution >= 4 is 28.7 Å². The summed E-state index contributed by atoms with van der Waals surface area (Å²) in [5.41, 5.74) is 0.158. The van der Waals surface area contributed by atoms with Crippen LogP contribution in [0.15, 0.2) is 18.2 Å². The number of nitrogens with zero attached hydrogens (tertiary/aromatic N) is 1. The quantitative estimate of drug-likeness (QED) is 0.781. The van der Waals surface area contributed by atoms with Gasteiger partial charge in [0, 0.05) is 25.1 Å². The number of para-hydroxylation sites is 1. The van der Waals surface area contributed by atoms with Gasteiger partial charge in [-0.3, -0.25) is 4.79 Å². The van der Waals surface area contributed by atoms with E-state index in [1.165, 1.54) is 6.07 Å². The first-order chi connectivity index (χ1) is 10.6. The number of halogens is 1. The molecule has 22 heavy (non-hydrogen) atoms. The summed E-state index contributed by atoms with van der Waals surface area (Å²) in [6.07, 6.45) is 1.37. The highest BCUT2D eigenvalue weighted by molar-refractivity contribution is 7.99. The number of aromatic nitrogens is 2. The molecule has 0 saturated carbocycles. The van der Waals surface area contributed by atoms with Crippen molar-refractivity contribution in [2.45, 2.75) is 24.9 Å². The van der Waals surface area contributed by atoms with Crippen molar-refractivity contribution in [1.82, 2.24) is 15.3 Å². The van der Waals surface area contributed by atoms with E-state index in [4.69, 9.17) is 0 Å². The molecule has 1 aliphatic heterocycles. The molecular weight excluding hydrogens is 305 g/mol. The third kappa shape index (κ3) is 3.41. The molecule has 1 aliphatic rings. The lowest BCUT2D eigenvalue weighted by Crippen LogP contribution is -2.43. The number of fused-ring (bicyclic) bond motifs is 1. The maximum Gasteiger partial charge on any atom is 0.220 e. The highest BCUT2D eigenvalue weighted by atomic mass is 32.2. The highest BCUT2D eigenvalue weighted by Gasteiger charge is 2.31. The monoisotopic (exact) mass is 323 g/mol. The number of rotatable bonds is 5. The third-order valence-electron chi connectivity index (χ3n) is 3.80. The zero-order valence-electron chi connectivity index (χ0n) is 12.1. The minimum Gasteiger partial charge on any atom is -0.387 e. The van der Waals surface area contributed by atoms with Gasteiger partial charge in [0.15, 0.2) is 5.82 Å². The van der Waals surface area contributed by atoms with Crippen LogP contribution in [0.25, 0.3) is 11.0 Å². The van der Waals surface area contributed by atoms with Crippen LogP contribution in [0.1, 0.15) is 18.7 Å². The molecule has 1 unspecified atom stereocenters. The topological polar surface area (TPSA) is 78.0 Å². The standard InChI is InChI=1S/C15H18FN3O2S/c16-10-2-1-3-11-14(10)19-12(18-11)4-5-13(20)17-8-15(21)6-7-22-9-15/h1-3,21H,4-9H2,(H,17,20)(H,18,19). The number of carbonyl (C=O) groups excluding carboxylic acids is 1. The Morgan fingerprint density at radius 1 is 1.55 bits per heavy atom. The number of benzene rings is 1. The van der Waals surface area contributed by atoms with Gasteiger partial charge in [0.2, 0.25) is 5.91 Å². The minimum atomic E-state index is -0.775. The molecule has 5 nitrogen and oxygen atoms in total. The Morgan fingerprint density at radius 3 is 3.14 bits per heavy atom. The van der Waals surface area contributed by atoms with Gasteiger partial charge in [-0.1, -0.05) is 6.07 Å². The van der Waals surface area contributed by atoms with Crippen LogP contribution in [0.4, 0.5) is 4.39 Å². The van der Waals surface area contributed by atoms with Crippen LogP contribution in [0.5, 0.6) is 0 Å². The second kappa shape index (κ2) is 6.26. The predicted octanol–water partition coefficient (Wildman–Crippen LogP) is 1.62. The van der Waals surface area contributed by atoms with E-state index in [2.05, 4.69) is 15.3 Å². The van der Waals surface area contributed by atoms with E-state index in [1.54, 1.807) is 23.9 Å². The Morgan fingerprint density at radius 2 is 2.41 bits per heavy atom. The van der Waals surface area contributed by atoms with Crippen molar-refractivity contribution in [3.05, 3.63) is 29.8 Å². The fourth-order valence-electron chi connectivity index (χ4n) is 2.49. The normalized spacial score (nSPS) is 21.4. The highest BCUT2D eigenvalue weighted by Crippen LogP contribution is 2.26. The van der Waals surface area contributed by atoms with Crippen LogP contribution in [-0.4, -0.2) is 44.6 Å². The van der Waals surface area contributed by atoms with Crippen LogP contribution in [0, 0.1) is 5.82 Å². The number of aromatic amines is 1. The van der Waals surface area contributed by atoms with Crippen LogP contribution in [0.3, 0.4) is 0 Å². The van der Waals surface area contributed by atoms with Crippen LogP contribution >= 0.6 is 11.8 Å². The fourth-order valence-corrected chi connectivity index (χ4v) is 3.78. The Hall–Kier alpha value is -1.60. The molecule has 1 atom stereocenters. The summed E-state index contributed by atoms with van der Waals surface area (Å²) < 4.78 is 13.5. The summed E-state index contributed by atoms with van der Waals surface area (Å²) in [7, 11) is 0. The smallest absolute Gasteiger partial charge is 0.220 e. The van der Waals surface area contributed by atoms with Gasteiger partial charge in [-0.2, -0.15) is 11.8 Å². The Bertz CT molecular complexity index is 682. The minimum absolute atomic E-state index is 0.133. The van der Waals surface area contributed by atoms with E-state index in [-0.39, 0.29) is 24.7 Å². The molecule has 1 aromatic heterocycles. The maximum absolute atomic E-state index is 13.5. The van der Waals surface area contributed by atoms with Gasteiger partial charge in [0.1, 0.15) is 11.3 Å². The number of aryl methyl sites for hydroxylation is 1. The number of H-pyrrole nitrogens is 1. The van der Waals surface area contributed by atoms with Gasteiger partial charge in [0.05, 0.1) is 11.1 Å². The van der Waals surface area contributed by atoms with Crippen molar-refractivity contribution in [1.29, 1.82) is 0 Å². The number of amides is 1. The van der Waals surface area contributed by atoms with Crippen molar-refractivity contribution in [3.63, 3.8) is 0 Å². The average Bonchev–Trinajstić information content (AvgIpc) is 3.11. The second-order valence-corrected chi connectivity index (χ2v) is 6.73. The predicted molar refractivity (Wildman–Crippen MR) is 84.3 cm³/mol. The van der Waals surface area contributed by atoms with Crippen LogP contribution in [-0.2, 0) is 11.2 Å². The molecule has 2 heterocycles. The molecule has 1 amide bonds. The van der Waals surface area contributed by atoms with Gasteiger partial charge >= 0.3 is 0 Å². The van der Waals surface area contributed by atoms with Gasteiger partial charge < -0.3 is 15.4 Å².